The van der Waals surface area contributed by atoms with Crippen molar-refractivity contribution >= 4 is 16.7 Å². The maximum atomic E-state index is 5.34. The highest BCUT2D eigenvalue weighted by molar-refractivity contribution is 5.78. The minimum absolute atomic E-state index is 0.444. The molecule has 0 atom stereocenters. The van der Waals surface area contributed by atoms with Crippen LogP contribution in [0.2, 0.25) is 0 Å². The third-order valence-electron chi connectivity index (χ3n) is 1.73. The van der Waals surface area contributed by atoms with Crippen molar-refractivity contribution in [3.8, 4) is 0 Å². The maximum absolute atomic E-state index is 5.34. The molecule has 0 radical (unpaired) electrons. The van der Waals surface area contributed by atoms with Crippen LogP contribution in [0.3, 0.4) is 0 Å². The second-order valence-corrected chi connectivity index (χ2v) is 2.52. The Balaban J connectivity index is 2.46. The Labute approximate surface area is 69.8 Å². The van der Waals surface area contributed by atoms with Gasteiger partial charge in [0.2, 0.25) is 0 Å². The molecule has 62 valence electrons. The van der Waals surface area contributed by atoms with Crippen molar-refractivity contribution in [3.63, 3.8) is 0 Å². The quantitative estimate of drug-likeness (QED) is 0.574. The number of aromatic amines is 1. The molecule has 12 heavy (non-hydrogen) atoms. The fourth-order valence-corrected chi connectivity index (χ4v) is 1.16. The molecule has 0 saturated carbocycles. The average Bonchev–Trinajstić information content (AvgIpc) is 2.51. The van der Waals surface area contributed by atoms with E-state index >= 15 is 0 Å². The summed E-state index contributed by atoms with van der Waals surface area (Å²) >= 11 is 0. The highest BCUT2D eigenvalue weighted by Crippen LogP contribution is 2.14. The fraction of sp³-hybridized carbons (Fsp3) is 0.125. The second kappa shape index (κ2) is 2.83. The van der Waals surface area contributed by atoms with Gasteiger partial charge < -0.3 is 16.0 Å². The maximum Gasteiger partial charge on any atom is 0.0931 e. The molecule has 0 aliphatic heterocycles. The van der Waals surface area contributed by atoms with Gasteiger partial charge in [0.05, 0.1) is 24.0 Å². The minimum Gasteiger partial charge on any atom is -0.373 e. The Kier molecular flexibility index (Phi) is 1.68. The first-order chi connectivity index (χ1) is 5.90. The SMILES string of the molecule is NCNc1ccc2nc[nH]c2c1. The van der Waals surface area contributed by atoms with Crippen LogP contribution in [0, 0.1) is 0 Å². The summed E-state index contributed by atoms with van der Waals surface area (Å²) in [5.74, 6) is 0. The normalized spacial score (nSPS) is 10.4. The van der Waals surface area contributed by atoms with Gasteiger partial charge in [-0.3, -0.25) is 0 Å². The van der Waals surface area contributed by atoms with Gasteiger partial charge in [-0.15, -0.1) is 0 Å². The molecule has 4 N–H and O–H groups in total. The zero-order valence-corrected chi connectivity index (χ0v) is 6.54. The van der Waals surface area contributed by atoms with Gasteiger partial charge in [0.1, 0.15) is 0 Å². The Morgan fingerprint density at radius 1 is 1.50 bits per heavy atom. The lowest BCUT2D eigenvalue weighted by atomic mass is 10.3. The molecule has 1 aromatic heterocycles. The van der Waals surface area contributed by atoms with E-state index in [0.29, 0.717) is 6.67 Å². The van der Waals surface area contributed by atoms with E-state index in [-0.39, 0.29) is 0 Å². The number of hydrogen-bond donors (Lipinski definition) is 3. The molecule has 0 aliphatic carbocycles. The minimum atomic E-state index is 0.444. The first-order valence-corrected chi connectivity index (χ1v) is 3.77. The Hall–Kier alpha value is -1.55. The van der Waals surface area contributed by atoms with Crippen LogP contribution < -0.4 is 11.1 Å². The number of aromatic nitrogens is 2. The van der Waals surface area contributed by atoms with Crippen LogP contribution in [0.15, 0.2) is 24.5 Å². The molecular formula is C8H10N4. The molecule has 4 heteroatoms. The number of imidazole rings is 1. The number of rotatable bonds is 2. The first kappa shape index (κ1) is 7.12. The number of benzene rings is 1. The summed E-state index contributed by atoms with van der Waals surface area (Å²) in [5, 5.41) is 3.02. The summed E-state index contributed by atoms with van der Waals surface area (Å²) in [4.78, 5) is 7.13. The predicted octanol–water partition coefficient (Wildman–Crippen LogP) is 0.891. The molecule has 0 spiro atoms. The van der Waals surface area contributed by atoms with Crippen LogP contribution in [0.4, 0.5) is 5.69 Å². The smallest absolute Gasteiger partial charge is 0.0931 e. The van der Waals surface area contributed by atoms with Crippen LogP contribution in [-0.2, 0) is 0 Å². The van der Waals surface area contributed by atoms with Gasteiger partial charge in [-0.1, -0.05) is 0 Å². The summed E-state index contributed by atoms with van der Waals surface area (Å²) in [6, 6.07) is 5.88. The van der Waals surface area contributed by atoms with E-state index in [4.69, 9.17) is 5.73 Å². The number of nitrogens with one attached hydrogen (secondary N) is 2. The van der Waals surface area contributed by atoms with Gasteiger partial charge in [-0.05, 0) is 18.2 Å². The third-order valence-corrected chi connectivity index (χ3v) is 1.73. The number of nitrogens with two attached hydrogens (primary N) is 1. The number of nitrogens with zero attached hydrogens (tertiary/aromatic N) is 1. The standard InChI is InChI=1S/C8H10N4/c9-4-10-6-1-2-7-8(3-6)12-5-11-7/h1-3,5,10H,4,9H2,(H,11,12). The lowest BCUT2D eigenvalue weighted by molar-refractivity contribution is 1.15. The number of anilines is 1. The molecule has 1 heterocycles. The number of fused-ring (bicyclic) bond motifs is 1. The zero-order valence-electron chi connectivity index (χ0n) is 6.54. The molecule has 4 nitrogen and oxygen atoms in total. The predicted molar refractivity (Wildman–Crippen MR) is 48.8 cm³/mol. The van der Waals surface area contributed by atoms with E-state index in [1.165, 1.54) is 0 Å². The fourth-order valence-electron chi connectivity index (χ4n) is 1.16. The van der Waals surface area contributed by atoms with Gasteiger partial charge in [-0.25, -0.2) is 4.98 Å². The van der Waals surface area contributed by atoms with E-state index in [2.05, 4.69) is 15.3 Å². The molecule has 2 aromatic rings. The van der Waals surface area contributed by atoms with Crippen molar-refractivity contribution in [1.82, 2.24) is 9.97 Å². The van der Waals surface area contributed by atoms with Crippen molar-refractivity contribution in [2.24, 2.45) is 5.73 Å². The summed E-state index contributed by atoms with van der Waals surface area (Å²) < 4.78 is 0. The van der Waals surface area contributed by atoms with E-state index in [9.17, 15) is 0 Å². The monoisotopic (exact) mass is 162 g/mol. The first-order valence-electron chi connectivity index (χ1n) is 3.77. The van der Waals surface area contributed by atoms with E-state index < -0.39 is 0 Å². The molecular weight excluding hydrogens is 152 g/mol. The van der Waals surface area contributed by atoms with Gasteiger partial charge in [-0.2, -0.15) is 0 Å². The average molecular weight is 162 g/mol. The van der Waals surface area contributed by atoms with Crippen LogP contribution >= 0.6 is 0 Å². The lowest BCUT2D eigenvalue weighted by Gasteiger charge is -2.01. The highest BCUT2D eigenvalue weighted by atomic mass is 15.0. The lowest BCUT2D eigenvalue weighted by Crippen LogP contribution is -2.10. The van der Waals surface area contributed by atoms with Crippen LogP contribution in [0.25, 0.3) is 11.0 Å². The van der Waals surface area contributed by atoms with Crippen LogP contribution in [-0.4, -0.2) is 16.6 Å². The summed E-state index contributed by atoms with van der Waals surface area (Å²) in [6.07, 6.45) is 1.68. The van der Waals surface area contributed by atoms with Crippen LogP contribution in [0.5, 0.6) is 0 Å². The molecule has 0 fully saturated rings. The van der Waals surface area contributed by atoms with Gasteiger partial charge >= 0.3 is 0 Å². The Morgan fingerprint density at radius 2 is 2.42 bits per heavy atom. The van der Waals surface area contributed by atoms with E-state index in [0.717, 1.165) is 16.7 Å². The van der Waals surface area contributed by atoms with Crippen molar-refractivity contribution in [2.75, 3.05) is 12.0 Å². The van der Waals surface area contributed by atoms with E-state index in [1.807, 2.05) is 18.2 Å². The Bertz CT molecular complexity index is 379. The van der Waals surface area contributed by atoms with Crippen molar-refractivity contribution in [1.29, 1.82) is 0 Å². The summed E-state index contributed by atoms with van der Waals surface area (Å²) in [7, 11) is 0. The number of hydrogen-bond acceptors (Lipinski definition) is 3. The molecule has 0 bridgehead atoms. The topological polar surface area (TPSA) is 66.7 Å². The zero-order chi connectivity index (χ0) is 8.39. The second-order valence-electron chi connectivity index (χ2n) is 2.52. The number of H-pyrrole nitrogens is 1. The molecule has 1 aromatic carbocycles. The summed E-state index contributed by atoms with van der Waals surface area (Å²) in [5.41, 5.74) is 8.34. The molecule has 0 unspecified atom stereocenters. The highest BCUT2D eigenvalue weighted by Gasteiger charge is 1.95. The largest absolute Gasteiger partial charge is 0.373 e. The third kappa shape index (κ3) is 1.12. The molecule has 0 aliphatic rings. The van der Waals surface area contributed by atoms with Gasteiger partial charge in [0.15, 0.2) is 0 Å². The van der Waals surface area contributed by atoms with E-state index in [1.54, 1.807) is 6.33 Å². The molecule has 2 rings (SSSR count). The van der Waals surface area contributed by atoms with Crippen molar-refractivity contribution < 1.29 is 0 Å². The Morgan fingerprint density at radius 3 is 3.25 bits per heavy atom. The van der Waals surface area contributed by atoms with Crippen LogP contribution in [0.1, 0.15) is 0 Å². The molecule has 0 amide bonds. The summed E-state index contributed by atoms with van der Waals surface area (Å²) in [6.45, 7) is 0.444. The van der Waals surface area contributed by atoms with Crippen molar-refractivity contribution in [2.45, 2.75) is 0 Å². The molecule has 0 saturated heterocycles. The van der Waals surface area contributed by atoms with Crippen molar-refractivity contribution in [3.05, 3.63) is 24.5 Å². The van der Waals surface area contributed by atoms with Gasteiger partial charge in [0, 0.05) is 5.69 Å². The van der Waals surface area contributed by atoms with Gasteiger partial charge in [0.25, 0.3) is 0 Å².